The van der Waals surface area contributed by atoms with E-state index in [0.29, 0.717) is 0 Å². The highest BCUT2D eigenvalue weighted by atomic mass is 16.5. The fourth-order valence-electron chi connectivity index (χ4n) is 1.36. The van der Waals surface area contributed by atoms with Gasteiger partial charge in [-0.15, -0.1) is 0 Å². The summed E-state index contributed by atoms with van der Waals surface area (Å²) in [7, 11) is 3.39. The number of rotatable bonds is 3. The Morgan fingerprint density at radius 2 is 1.92 bits per heavy atom. The van der Waals surface area contributed by atoms with Gasteiger partial charge in [-0.1, -0.05) is 6.07 Å². The van der Waals surface area contributed by atoms with Crippen LogP contribution in [0.15, 0.2) is 18.2 Å². The highest BCUT2D eigenvalue weighted by Crippen LogP contribution is 2.23. The predicted molar refractivity (Wildman–Crippen MR) is 53.2 cm³/mol. The molecule has 2 nitrogen and oxygen atoms in total. The van der Waals surface area contributed by atoms with Crippen molar-refractivity contribution >= 4 is 0 Å². The third-order valence-electron chi connectivity index (χ3n) is 2.27. The zero-order valence-electron chi connectivity index (χ0n) is 8.63. The maximum atomic E-state index is 5.25. The minimum atomic E-state index is 0.144. The van der Waals surface area contributed by atoms with Crippen LogP contribution < -0.4 is 4.74 Å². The van der Waals surface area contributed by atoms with E-state index in [4.69, 9.17) is 9.47 Å². The fraction of sp³-hybridized carbons (Fsp3) is 0.455. The second kappa shape index (κ2) is 4.28. The van der Waals surface area contributed by atoms with Gasteiger partial charge in [-0.25, -0.2) is 0 Å². The smallest absolute Gasteiger partial charge is 0.119 e. The first-order chi connectivity index (χ1) is 6.19. The summed E-state index contributed by atoms with van der Waals surface area (Å²) in [5.41, 5.74) is 2.41. The van der Waals surface area contributed by atoms with Gasteiger partial charge in [-0.05, 0) is 37.1 Å². The third kappa shape index (κ3) is 2.22. The zero-order valence-corrected chi connectivity index (χ0v) is 8.63. The second-order valence-electron chi connectivity index (χ2n) is 3.10. The molecule has 0 aliphatic heterocycles. The number of benzene rings is 1. The topological polar surface area (TPSA) is 18.5 Å². The molecule has 1 atom stereocenters. The van der Waals surface area contributed by atoms with Crippen molar-refractivity contribution in [1.29, 1.82) is 0 Å². The van der Waals surface area contributed by atoms with E-state index in [9.17, 15) is 0 Å². The van der Waals surface area contributed by atoms with Crippen LogP contribution in [0.2, 0.25) is 0 Å². The SMILES string of the molecule is COc1ccc(C(C)OC)c(C)c1. The summed E-state index contributed by atoms with van der Waals surface area (Å²) in [5.74, 6) is 0.893. The molecule has 72 valence electrons. The largest absolute Gasteiger partial charge is 0.497 e. The van der Waals surface area contributed by atoms with Crippen LogP contribution >= 0.6 is 0 Å². The van der Waals surface area contributed by atoms with Gasteiger partial charge >= 0.3 is 0 Å². The van der Waals surface area contributed by atoms with Crippen LogP contribution in [0.1, 0.15) is 24.2 Å². The molecule has 0 heterocycles. The quantitative estimate of drug-likeness (QED) is 0.712. The van der Waals surface area contributed by atoms with E-state index in [0.717, 1.165) is 5.75 Å². The van der Waals surface area contributed by atoms with Crippen molar-refractivity contribution in [2.24, 2.45) is 0 Å². The van der Waals surface area contributed by atoms with E-state index in [1.807, 2.05) is 25.1 Å². The summed E-state index contributed by atoms with van der Waals surface area (Å²) in [5, 5.41) is 0. The number of methoxy groups -OCH3 is 2. The molecule has 0 spiro atoms. The molecular weight excluding hydrogens is 164 g/mol. The summed E-state index contributed by atoms with van der Waals surface area (Å²) >= 11 is 0. The summed E-state index contributed by atoms with van der Waals surface area (Å²) in [4.78, 5) is 0. The van der Waals surface area contributed by atoms with E-state index in [1.165, 1.54) is 11.1 Å². The summed E-state index contributed by atoms with van der Waals surface area (Å²) in [6.45, 7) is 4.10. The minimum absolute atomic E-state index is 0.144. The van der Waals surface area contributed by atoms with Crippen LogP contribution in [0.4, 0.5) is 0 Å². The number of aryl methyl sites for hydroxylation is 1. The molecule has 1 unspecified atom stereocenters. The molecule has 0 aromatic heterocycles. The average Bonchev–Trinajstić information content (AvgIpc) is 2.16. The number of hydrogen-bond acceptors (Lipinski definition) is 2. The molecule has 2 heteroatoms. The molecule has 0 fully saturated rings. The molecule has 1 rings (SSSR count). The summed E-state index contributed by atoms with van der Waals surface area (Å²) in [6.07, 6.45) is 0.144. The molecule has 0 aliphatic carbocycles. The van der Waals surface area contributed by atoms with Crippen LogP contribution in [-0.2, 0) is 4.74 Å². The molecule has 0 saturated carbocycles. The van der Waals surface area contributed by atoms with Crippen molar-refractivity contribution in [2.45, 2.75) is 20.0 Å². The van der Waals surface area contributed by atoms with E-state index in [-0.39, 0.29) is 6.10 Å². The van der Waals surface area contributed by atoms with Gasteiger partial charge in [0.1, 0.15) is 5.75 Å². The summed E-state index contributed by atoms with van der Waals surface area (Å²) < 4.78 is 10.4. The Kier molecular flexibility index (Phi) is 3.32. The van der Waals surface area contributed by atoms with Crippen LogP contribution in [0.3, 0.4) is 0 Å². The van der Waals surface area contributed by atoms with Gasteiger partial charge in [0.2, 0.25) is 0 Å². The van der Waals surface area contributed by atoms with Gasteiger partial charge in [0.15, 0.2) is 0 Å². The van der Waals surface area contributed by atoms with Gasteiger partial charge in [-0.3, -0.25) is 0 Å². The lowest BCUT2D eigenvalue weighted by molar-refractivity contribution is 0.119. The first-order valence-electron chi connectivity index (χ1n) is 4.36. The van der Waals surface area contributed by atoms with Crippen molar-refractivity contribution < 1.29 is 9.47 Å². The average molecular weight is 180 g/mol. The lowest BCUT2D eigenvalue weighted by atomic mass is 10.0. The Balaban J connectivity index is 2.98. The molecular formula is C11H16O2. The van der Waals surface area contributed by atoms with E-state index in [1.54, 1.807) is 14.2 Å². The molecule has 0 aliphatic rings. The van der Waals surface area contributed by atoms with Crippen molar-refractivity contribution in [3.8, 4) is 5.75 Å². The second-order valence-corrected chi connectivity index (χ2v) is 3.10. The predicted octanol–water partition coefficient (Wildman–Crippen LogP) is 2.71. The Morgan fingerprint density at radius 1 is 1.23 bits per heavy atom. The molecule has 0 amide bonds. The van der Waals surface area contributed by atoms with Crippen LogP contribution in [0, 0.1) is 6.92 Å². The van der Waals surface area contributed by atoms with Gasteiger partial charge in [0.05, 0.1) is 13.2 Å². The molecule has 0 bridgehead atoms. The Hall–Kier alpha value is -1.02. The maximum absolute atomic E-state index is 5.25. The van der Waals surface area contributed by atoms with Crippen molar-refractivity contribution in [1.82, 2.24) is 0 Å². The molecule has 1 aromatic rings. The van der Waals surface area contributed by atoms with Crippen molar-refractivity contribution in [3.63, 3.8) is 0 Å². The lowest BCUT2D eigenvalue weighted by Crippen LogP contribution is -1.98. The van der Waals surface area contributed by atoms with Gasteiger partial charge in [-0.2, -0.15) is 0 Å². The molecule has 1 aromatic carbocycles. The summed E-state index contributed by atoms with van der Waals surface area (Å²) in [6, 6.07) is 6.02. The van der Waals surface area contributed by atoms with Gasteiger partial charge in [0.25, 0.3) is 0 Å². The fourth-order valence-corrected chi connectivity index (χ4v) is 1.36. The van der Waals surface area contributed by atoms with Gasteiger partial charge < -0.3 is 9.47 Å². The van der Waals surface area contributed by atoms with E-state index >= 15 is 0 Å². The monoisotopic (exact) mass is 180 g/mol. The molecule has 0 saturated heterocycles. The van der Waals surface area contributed by atoms with E-state index in [2.05, 4.69) is 6.92 Å². The highest BCUT2D eigenvalue weighted by Gasteiger charge is 2.07. The van der Waals surface area contributed by atoms with Crippen molar-refractivity contribution in [3.05, 3.63) is 29.3 Å². The lowest BCUT2D eigenvalue weighted by Gasteiger charge is -2.13. The highest BCUT2D eigenvalue weighted by molar-refractivity contribution is 5.35. The minimum Gasteiger partial charge on any atom is -0.497 e. The maximum Gasteiger partial charge on any atom is 0.119 e. The van der Waals surface area contributed by atoms with Crippen molar-refractivity contribution in [2.75, 3.05) is 14.2 Å². The number of ether oxygens (including phenoxy) is 2. The standard InChI is InChI=1S/C11H16O2/c1-8-7-10(13-4)5-6-11(8)9(2)12-3/h5-7,9H,1-4H3. The molecule has 0 radical (unpaired) electrons. The van der Waals surface area contributed by atoms with Gasteiger partial charge in [0, 0.05) is 7.11 Å². The zero-order chi connectivity index (χ0) is 9.84. The van der Waals surface area contributed by atoms with E-state index < -0.39 is 0 Å². The van der Waals surface area contributed by atoms with Crippen LogP contribution in [-0.4, -0.2) is 14.2 Å². The molecule has 13 heavy (non-hydrogen) atoms. The molecule has 0 N–H and O–H groups in total. The number of hydrogen-bond donors (Lipinski definition) is 0. The Bertz CT molecular complexity index is 281. The third-order valence-corrected chi connectivity index (χ3v) is 2.27. The normalized spacial score (nSPS) is 12.6. The first-order valence-corrected chi connectivity index (χ1v) is 4.36. The Morgan fingerprint density at radius 3 is 2.38 bits per heavy atom. The van der Waals surface area contributed by atoms with Crippen LogP contribution in [0.5, 0.6) is 5.75 Å². The van der Waals surface area contributed by atoms with Crippen LogP contribution in [0.25, 0.3) is 0 Å². The first kappa shape index (κ1) is 10.1. The Labute approximate surface area is 79.5 Å².